The quantitative estimate of drug-likeness (QED) is 0.640. The monoisotopic (exact) mass is 364 g/mol. The van der Waals surface area contributed by atoms with Gasteiger partial charge in [0.1, 0.15) is 23.6 Å². The molecule has 5 nitrogen and oxygen atoms in total. The molecule has 1 aromatic rings. The van der Waals surface area contributed by atoms with Crippen LogP contribution in [0.3, 0.4) is 0 Å². The number of carbonyl (C=O) groups is 2. The van der Waals surface area contributed by atoms with Gasteiger partial charge >= 0.3 is 11.9 Å². The first-order valence-corrected chi connectivity index (χ1v) is 9.13. The molecule has 1 rings (SSSR count). The lowest BCUT2D eigenvalue weighted by molar-refractivity contribution is -0.165. The lowest BCUT2D eigenvalue weighted by atomic mass is 10.0. The van der Waals surface area contributed by atoms with E-state index in [0.29, 0.717) is 0 Å². The molecule has 1 aromatic carbocycles. The lowest BCUT2D eigenvalue weighted by Gasteiger charge is -2.29. The van der Waals surface area contributed by atoms with Crippen LogP contribution < -0.4 is 4.74 Å². The van der Waals surface area contributed by atoms with Gasteiger partial charge in [-0.25, -0.2) is 0 Å². The molecule has 5 heteroatoms. The fourth-order valence-corrected chi connectivity index (χ4v) is 2.51. The molecule has 0 N–H and O–H groups in total. The summed E-state index contributed by atoms with van der Waals surface area (Å²) in [5, 5.41) is 0. The zero-order valence-electron chi connectivity index (χ0n) is 16.9. The van der Waals surface area contributed by atoms with Crippen LogP contribution in [-0.4, -0.2) is 29.7 Å². The van der Waals surface area contributed by atoms with Gasteiger partial charge in [-0.15, -0.1) is 0 Å². The minimum atomic E-state index is -0.572. The van der Waals surface area contributed by atoms with E-state index in [2.05, 4.69) is 0 Å². The molecule has 0 saturated heterocycles. The van der Waals surface area contributed by atoms with Crippen molar-refractivity contribution in [3.8, 4) is 5.75 Å². The van der Waals surface area contributed by atoms with Gasteiger partial charge in [0.15, 0.2) is 0 Å². The molecule has 146 valence electrons. The second kappa shape index (κ2) is 9.60. The van der Waals surface area contributed by atoms with Gasteiger partial charge in [0.2, 0.25) is 0 Å². The molecule has 0 fully saturated rings. The fourth-order valence-electron chi connectivity index (χ4n) is 2.51. The van der Waals surface area contributed by atoms with Crippen LogP contribution in [0, 0.1) is 11.8 Å². The summed E-state index contributed by atoms with van der Waals surface area (Å²) in [6, 6.07) is 9.45. The SMILES string of the molecule is CC(CC(=O)OC(C)(C)C)C(=O)O[C@@H](C)[C@H](Oc1ccccc1)C(C)C. The van der Waals surface area contributed by atoms with Gasteiger partial charge in [0.25, 0.3) is 0 Å². The van der Waals surface area contributed by atoms with E-state index in [9.17, 15) is 9.59 Å². The van der Waals surface area contributed by atoms with E-state index in [1.54, 1.807) is 27.7 Å². The number of hydrogen-bond donors (Lipinski definition) is 0. The van der Waals surface area contributed by atoms with Crippen LogP contribution in [0.4, 0.5) is 0 Å². The van der Waals surface area contributed by atoms with E-state index in [4.69, 9.17) is 14.2 Å². The first-order valence-electron chi connectivity index (χ1n) is 9.13. The second-order valence-corrected chi connectivity index (χ2v) is 7.97. The van der Waals surface area contributed by atoms with Crippen LogP contribution in [0.1, 0.15) is 54.9 Å². The van der Waals surface area contributed by atoms with E-state index >= 15 is 0 Å². The van der Waals surface area contributed by atoms with Crippen molar-refractivity contribution >= 4 is 11.9 Å². The van der Waals surface area contributed by atoms with Gasteiger partial charge in [-0.05, 0) is 45.7 Å². The molecule has 0 aromatic heterocycles. The zero-order valence-corrected chi connectivity index (χ0v) is 16.9. The molecular formula is C21H32O5. The van der Waals surface area contributed by atoms with E-state index in [1.807, 2.05) is 51.1 Å². The number of benzene rings is 1. The van der Waals surface area contributed by atoms with E-state index in [0.717, 1.165) is 5.75 Å². The highest BCUT2D eigenvalue weighted by Crippen LogP contribution is 2.21. The van der Waals surface area contributed by atoms with Gasteiger partial charge in [0, 0.05) is 0 Å². The number of hydrogen-bond acceptors (Lipinski definition) is 5. The van der Waals surface area contributed by atoms with Gasteiger partial charge in [0.05, 0.1) is 12.3 Å². The number of para-hydroxylation sites is 1. The largest absolute Gasteiger partial charge is 0.486 e. The molecule has 1 unspecified atom stereocenters. The lowest BCUT2D eigenvalue weighted by Crippen LogP contribution is -2.39. The average molecular weight is 364 g/mol. The highest BCUT2D eigenvalue weighted by atomic mass is 16.6. The van der Waals surface area contributed by atoms with Crippen molar-refractivity contribution in [2.75, 3.05) is 0 Å². The highest BCUT2D eigenvalue weighted by Gasteiger charge is 2.29. The smallest absolute Gasteiger partial charge is 0.309 e. The Balaban J connectivity index is 2.63. The zero-order chi connectivity index (χ0) is 19.9. The summed E-state index contributed by atoms with van der Waals surface area (Å²) in [4.78, 5) is 24.2. The topological polar surface area (TPSA) is 61.8 Å². The van der Waals surface area contributed by atoms with Crippen molar-refractivity contribution in [2.24, 2.45) is 11.8 Å². The van der Waals surface area contributed by atoms with Crippen molar-refractivity contribution in [3.63, 3.8) is 0 Å². The number of rotatable bonds is 8. The van der Waals surface area contributed by atoms with Crippen molar-refractivity contribution in [2.45, 2.75) is 72.7 Å². The molecule has 0 radical (unpaired) electrons. The molecule has 0 bridgehead atoms. The third-order valence-corrected chi connectivity index (χ3v) is 3.73. The summed E-state index contributed by atoms with van der Waals surface area (Å²) in [6.07, 6.45) is -0.729. The molecular weight excluding hydrogens is 332 g/mol. The molecule has 0 amide bonds. The predicted octanol–water partition coefficient (Wildman–Crippen LogP) is 4.39. The van der Waals surface area contributed by atoms with Crippen molar-refractivity contribution in [3.05, 3.63) is 30.3 Å². The van der Waals surface area contributed by atoms with Gasteiger partial charge in [-0.3, -0.25) is 9.59 Å². The van der Waals surface area contributed by atoms with Crippen LogP contribution in [0.15, 0.2) is 30.3 Å². The third kappa shape index (κ3) is 7.89. The molecule has 0 aliphatic rings. The first kappa shape index (κ1) is 22.0. The molecule has 0 saturated carbocycles. The Morgan fingerprint density at radius 3 is 2.08 bits per heavy atom. The fraction of sp³-hybridized carbons (Fsp3) is 0.619. The average Bonchev–Trinajstić information content (AvgIpc) is 2.51. The summed E-state index contributed by atoms with van der Waals surface area (Å²) in [7, 11) is 0. The Morgan fingerprint density at radius 1 is 1.00 bits per heavy atom. The third-order valence-electron chi connectivity index (χ3n) is 3.73. The Kier molecular flexibility index (Phi) is 8.12. The van der Waals surface area contributed by atoms with Crippen LogP contribution in [0.25, 0.3) is 0 Å². The summed E-state index contributed by atoms with van der Waals surface area (Å²) in [6.45, 7) is 12.9. The Labute approximate surface area is 157 Å². The predicted molar refractivity (Wildman–Crippen MR) is 101 cm³/mol. The van der Waals surface area contributed by atoms with Gasteiger partial charge in [-0.2, -0.15) is 0 Å². The molecule has 0 aliphatic carbocycles. The molecule has 3 atom stereocenters. The van der Waals surface area contributed by atoms with Crippen LogP contribution in [0.2, 0.25) is 0 Å². The van der Waals surface area contributed by atoms with Gasteiger partial charge in [-0.1, -0.05) is 39.0 Å². The van der Waals surface area contributed by atoms with E-state index in [-0.39, 0.29) is 18.4 Å². The first-order chi connectivity index (χ1) is 12.0. The minimum Gasteiger partial charge on any atom is -0.486 e. The van der Waals surface area contributed by atoms with Crippen LogP contribution in [-0.2, 0) is 19.1 Å². The van der Waals surface area contributed by atoms with E-state index < -0.39 is 29.6 Å². The molecule has 0 heterocycles. The normalized spacial score (nSPS) is 15.1. The summed E-state index contributed by atoms with van der Waals surface area (Å²) < 4.78 is 16.8. The van der Waals surface area contributed by atoms with Crippen LogP contribution in [0.5, 0.6) is 5.75 Å². The number of carbonyl (C=O) groups excluding carboxylic acids is 2. The maximum atomic E-state index is 12.3. The van der Waals surface area contributed by atoms with E-state index in [1.165, 1.54) is 0 Å². The molecule has 26 heavy (non-hydrogen) atoms. The molecule has 0 aliphatic heterocycles. The standard InChI is InChI=1S/C21H32O5/c1-14(2)19(25-17-11-9-8-10-12-17)16(4)24-20(23)15(3)13-18(22)26-21(5,6)7/h8-12,14-16,19H,13H2,1-7H3/t15?,16-,19+/m0/s1. The van der Waals surface area contributed by atoms with Gasteiger partial charge < -0.3 is 14.2 Å². The summed E-state index contributed by atoms with van der Waals surface area (Å²) >= 11 is 0. The van der Waals surface area contributed by atoms with Crippen LogP contribution >= 0.6 is 0 Å². The summed E-state index contributed by atoms with van der Waals surface area (Å²) in [5.74, 6) is -0.520. The second-order valence-electron chi connectivity index (χ2n) is 7.97. The Morgan fingerprint density at radius 2 is 1.58 bits per heavy atom. The Hall–Kier alpha value is -2.04. The Bertz CT molecular complexity index is 574. The number of esters is 2. The van der Waals surface area contributed by atoms with Crippen molar-refractivity contribution in [1.82, 2.24) is 0 Å². The number of ether oxygens (including phenoxy) is 3. The maximum Gasteiger partial charge on any atom is 0.309 e. The minimum absolute atomic E-state index is 0.00525. The molecule has 0 spiro atoms. The van der Waals surface area contributed by atoms with Crippen molar-refractivity contribution < 1.29 is 23.8 Å². The van der Waals surface area contributed by atoms with Crippen molar-refractivity contribution in [1.29, 1.82) is 0 Å². The summed E-state index contributed by atoms with van der Waals surface area (Å²) in [5.41, 5.74) is -0.569. The maximum absolute atomic E-state index is 12.3. The highest BCUT2D eigenvalue weighted by molar-refractivity contribution is 5.79.